The van der Waals surface area contributed by atoms with Gasteiger partial charge in [0, 0.05) is 16.9 Å². The monoisotopic (exact) mass is 528 g/mol. The van der Waals surface area contributed by atoms with E-state index in [4.69, 9.17) is 16.3 Å². The largest absolute Gasteiger partial charge is 0.397 e. The molecular formula is C32H28N6O2. The number of nitrogens with zero attached hydrogens (tertiary/aromatic N) is 3. The Morgan fingerprint density at radius 2 is 1.25 bits per heavy atom. The highest BCUT2D eigenvalue weighted by atomic mass is 16.6. The summed E-state index contributed by atoms with van der Waals surface area (Å²) in [6, 6.07) is 26.4. The summed E-state index contributed by atoms with van der Waals surface area (Å²) in [5, 5.41) is 35.6. The van der Waals surface area contributed by atoms with E-state index in [2.05, 4.69) is 28.8 Å². The van der Waals surface area contributed by atoms with Crippen molar-refractivity contribution in [2.24, 2.45) is 0 Å². The Hall–Kier alpha value is -5.34. The molecule has 0 amide bonds. The number of benzene rings is 4. The molecule has 0 aliphatic heterocycles. The zero-order chi connectivity index (χ0) is 28.1. The van der Waals surface area contributed by atoms with Crippen LogP contribution in [0.25, 0.3) is 0 Å². The molecule has 4 aromatic carbocycles. The van der Waals surface area contributed by atoms with Crippen LogP contribution in [0.3, 0.4) is 0 Å². The SMILES string of the molecule is N#Cc1cccc(Nc2ccc3c(c2N)CCC3)c1.N#Cc1cccc(Nc2ccc3c(c2[N+](=O)[O-])CCC3)c1. The number of nitro benzene ring substituents is 1. The van der Waals surface area contributed by atoms with Crippen molar-refractivity contribution >= 4 is 34.1 Å². The molecule has 198 valence electrons. The van der Waals surface area contributed by atoms with Crippen molar-refractivity contribution in [3.8, 4) is 12.1 Å². The number of nitro groups is 1. The van der Waals surface area contributed by atoms with E-state index in [0.717, 1.165) is 60.3 Å². The van der Waals surface area contributed by atoms with Crippen molar-refractivity contribution < 1.29 is 4.92 Å². The topological polar surface area (TPSA) is 141 Å². The molecule has 0 bridgehead atoms. The Morgan fingerprint density at radius 3 is 1.82 bits per heavy atom. The average Bonchev–Trinajstić information content (AvgIpc) is 3.65. The molecule has 0 unspecified atom stereocenters. The third-order valence-corrected chi connectivity index (χ3v) is 7.30. The van der Waals surface area contributed by atoms with Gasteiger partial charge in [0.1, 0.15) is 5.69 Å². The highest BCUT2D eigenvalue weighted by Gasteiger charge is 2.26. The van der Waals surface area contributed by atoms with Gasteiger partial charge < -0.3 is 16.4 Å². The Morgan fingerprint density at radius 1 is 0.725 bits per heavy atom. The van der Waals surface area contributed by atoms with Crippen molar-refractivity contribution in [3.05, 3.63) is 116 Å². The average molecular weight is 529 g/mol. The van der Waals surface area contributed by atoms with Crippen molar-refractivity contribution in [2.45, 2.75) is 38.5 Å². The lowest BCUT2D eigenvalue weighted by molar-refractivity contribution is -0.384. The number of nitrogens with two attached hydrogens (primary N) is 1. The molecule has 0 spiro atoms. The van der Waals surface area contributed by atoms with Crippen molar-refractivity contribution in [3.63, 3.8) is 0 Å². The lowest BCUT2D eigenvalue weighted by Gasteiger charge is -2.13. The van der Waals surface area contributed by atoms with Gasteiger partial charge in [0.15, 0.2) is 0 Å². The zero-order valence-corrected chi connectivity index (χ0v) is 21.9. The molecular weight excluding hydrogens is 500 g/mol. The van der Waals surface area contributed by atoms with Crippen LogP contribution in [0.15, 0.2) is 72.8 Å². The van der Waals surface area contributed by atoms with Crippen molar-refractivity contribution in [1.82, 2.24) is 0 Å². The van der Waals surface area contributed by atoms with Gasteiger partial charge in [-0.3, -0.25) is 10.1 Å². The van der Waals surface area contributed by atoms with Crippen LogP contribution in [0.1, 0.15) is 46.2 Å². The maximum absolute atomic E-state index is 11.4. The van der Waals surface area contributed by atoms with Crippen LogP contribution in [0, 0.1) is 32.8 Å². The van der Waals surface area contributed by atoms with Gasteiger partial charge in [-0.15, -0.1) is 0 Å². The first kappa shape index (κ1) is 26.3. The Balaban J connectivity index is 0.000000162. The van der Waals surface area contributed by atoms with E-state index in [1.807, 2.05) is 30.3 Å². The number of nitrogens with one attached hydrogen (secondary N) is 2. The van der Waals surface area contributed by atoms with E-state index in [1.165, 1.54) is 17.5 Å². The second kappa shape index (κ2) is 11.6. The molecule has 0 radical (unpaired) electrons. The predicted molar refractivity (Wildman–Crippen MR) is 157 cm³/mol. The zero-order valence-electron chi connectivity index (χ0n) is 21.9. The number of rotatable bonds is 5. The van der Waals surface area contributed by atoms with Gasteiger partial charge in [-0.25, -0.2) is 0 Å². The van der Waals surface area contributed by atoms with E-state index in [1.54, 1.807) is 36.4 Å². The Labute approximate surface area is 232 Å². The van der Waals surface area contributed by atoms with E-state index < -0.39 is 0 Å². The molecule has 4 aromatic rings. The minimum absolute atomic E-state index is 0.160. The molecule has 2 aliphatic rings. The predicted octanol–water partition coefficient (Wildman–Crippen LogP) is 7.07. The van der Waals surface area contributed by atoms with Crippen LogP contribution in [0.5, 0.6) is 0 Å². The summed E-state index contributed by atoms with van der Waals surface area (Å²) >= 11 is 0. The van der Waals surface area contributed by atoms with Gasteiger partial charge in [0.2, 0.25) is 0 Å². The normalized spacial score (nSPS) is 12.7. The number of anilines is 5. The minimum atomic E-state index is -0.319. The molecule has 0 heterocycles. The van der Waals surface area contributed by atoms with Crippen LogP contribution in [-0.4, -0.2) is 4.92 Å². The number of nitriles is 2. The molecule has 0 saturated carbocycles. The van der Waals surface area contributed by atoms with Crippen LogP contribution < -0.4 is 16.4 Å². The minimum Gasteiger partial charge on any atom is -0.397 e. The summed E-state index contributed by atoms with van der Waals surface area (Å²) in [5.74, 6) is 0. The number of hydrogen-bond acceptors (Lipinski definition) is 7. The van der Waals surface area contributed by atoms with Gasteiger partial charge in [-0.2, -0.15) is 10.5 Å². The number of aryl methyl sites for hydroxylation is 2. The molecule has 6 rings (SSSR count). The third kappa shape index (κ3) is 5.57. The van der Waals surface area contributed by atoms with Gasteiger partial charge in [-0.05, 0) is 104 Å². The number of fused-ring (bicyclic) bond motifs is 2. The fourth-order valence-electron chi connectivity index (χ4n) is 5.40. The molecule has 0 aromatic heterocycles. The highest BCUT2D eigenvalue weighted by molar-refractivity contribution is 5.77. The molecule has 8 heteroatoms. The summed E-state index contributed by atoms with van der Waals surface area (Å²) in [7, 11) is 0. The lowest BCUT2D eigenvalue weighted by atomic mass is 10.1. The first-order chi connectivity index (χ1) is 19.5. The summed E-state index contributed by atoms with van der Waals surface area (Å²) in [5.41, 5.74) is 15.9. The fourth-order valence-corrected chi connectivity index (χ4v) is 5.40. The first-order valence-corrected chi connectivity index (χ1v) is 13.2. The van der Waals surface area contributed by atoms with Crippen LogP contribution in [0.2, 0.25) is 0 Å². The fraction of sp³-hybridized carbons (Fsp3) is 0.188. The summed E-state index contributed by atoms with van der Waals surface area (Å²) in [4.78, 5) is 11.1. The van der Waals surface area contributed by atoms with Crippen LogP contribution in [0.4, 0.5) is 34.1 Å². The third-order valence-electron chi connectivity index (χ3n) is 7.30. The molecule has 0 saturated heterocycles. The quantitative estimate of drug-likeness (QED) is 0.143. The van der Waals surface area contributed by atoms with Crippen molar-refractivity contribution in [2.75, 3.05) is 16.4 Å². The lowest BCUT2D eigenvalue weighted by Crippen LogP contribution is -2.01. The second-order valence-corrected chi connectivity index (χ2v) is 9.86. The maximum Gasteiger partial charge on any atom is 0.296 e. The second-order valence-electron chi connectivity index (χ2n) is 9.86. The highest BCUT2D eigenvalue weighted by Crippen LogP contribution is 2.38. The number of nitrogen functional groups attached to an aromatic ring is 1. The van der Waals surface area contributed by atoms with Gasteiger partial charge in [0.25, 0.3) is 5.69 Å². The van der Waals surface area contributed by atoms with Crippen molar-refractivity contribution in [1.29, 1.82) is 10.5 Å². The summed E-state index contributed by atoms with van der Waals surface area (Å²) < 4.78 is 0. The molecule has 4 N–H and O–H groups in total. The summed E-state index contributed by atoms with van der Waals surface area (Å²) in [6.45, 7) is 0. The molecule has 40 heavy (non-hydrogen) atoms. The standard InChI is InChI=1S/C16H13N3O2.C16H15N3/c17-10-11-3-1-5-13(9-11)18-15-8-7-12-4-2-6-14(12)16(15)19(20)21;17-10-11-3-1-5-13(9-11)19-15-8-7-12-4-2-6-14(12)16(15)18/h1,3,5,7-9,18H,2,4,6H2;1,3,5,7-9,19H,2,4,6,18H2. The Bertz CT molecular complexity index is 1680. The Kier molecular flexibility index (Phi) is 7.61. The number of hydrogen-bond donors (Lipinski definition) is 3. The molecule has 8 nitrogen and oxygen atoms in total. The van der Waals surface area contributed by atoms with Crippen LogP contribution in [-0.2, 0) is 25.7 Å². The van der Waals surface area contributed by atoms with E-state index in [0.29, 0.717) is 22.5 Å². The first-order valence-electron chi connectivity index (χ1n) is 13.2. The van der Waals surface area contributed by atoms with Gasteiger partial charge in [-0.1, -0.05) is 24.3 Å². The maximum atomic E-state index is 11.4. The smallest absolute Gasteiger partial charge is 0.296 e. The summed E-state index contributed by atoms with van der Waals surface area (Å²) in [6.07, 6.45) is 5.99. The molecule has 0 atom stereocenters. The van der Waals surface area contributed by atoms with Gasteiger partial charge in [0.05, 0.1) is 39.6 Å². The van der Waals surface area contributed by atoms with E-state index in [9.17, 15) is 10.1 Å². The molecule has 2 aliphatic carbocycles. The van der Waals surface area contributed by atoms with Gasteiger partial charge >= 0.3 is 0 Å². The van der Waals surface area contributed by atoms with E-state index >= 15 is 0 Å². The van der Waals surface area contributed by atoms with Crippen LogP contribution >= 0.6 is 0 Å². The molecule has 0 fully saturated rings. The van der Waals surface area contributed by atoms with E-state index in [-0.39, 0.29) is 10.6 Å².